The lowest BCUT2D eigenvalue weighted by atomic mass is 10.2. The number of nitrogens with zero attached hydrogens (tertiary/aromatic N) is 3. The largest absolute Gasteiger partial charge is 0.493 e. The van der Waals surface area contributed by atoms with Crippen molar-refractivity contribution in [3.8, 4) is 11.5 Å². The van der Waals surface area contributed by atoms with Gasteiger partial charge in [-0.3, -0.25) is 0 Å². The molecule has 0 aliphatic carbocycles. The summed E-state index contributed by atoms with van der Waals surface area (Å²) in [4.78, 5) is 23.2. The van der Waals surface area contributed by atoms with E-state index in [1.54, 1.807) is 14.2 Å². The summed E-state index contributed by atoms with van der Waals surface area (Å²) in [7, 11) is 3.14. The number of aromatic nitrogens is 3. The number of carboxylic acids is 1. The molecule has 130 valence electrons. The zero-order chi connectivity index (χ0) is 18.0. The molecule has 8 nitrogen and oxygen atoms in total. The van der Waals surface area contributed by atoms with Crippen molar-refractivity contribution >= 4 is 44.4 Å². The highest BCUT2D eigenvalue weighted by atomic mass is 35.5. The number of hydrogen-bond acceptors (Lipinski definition) is 8. The summed E-state index contributed by atoms with van der Waals surface area (Å²) in [6.07, 6.45) is 0. The molecule has 0 saturated heterocycles. The minimum atomic E-state index is -1.18. The summed E-state index contributed by atoms with van der Waals surface area (Å²) in [5.41, 5.74) is 1.03. The van der Waals surface area contributed by atoms with Crippen LogP contribution in [0.1, 0.15) is 16.1 Å². The van der Waals surface area contributed by atoms with Crippen LogP contribution < -0.4 is 14.8 Å². The molecule has 0 fully saturated rings. The SMILES string of the molecule is COc1ccc(CNc2nc3nc(Cl)nc(C(=O)O)c3s2)cc1OC. The number of ether oxygens (including phenoxy) is 2. The lowest BCUT2D eigenvalue weighted by molar-refractivity contribution is 0.0693. The maximum absolute atomic E-state index is 11.3. The third-order valence-corrected chi connectivity index (χ3v) is 4.50. The predicted molar refractivity (Wildman–Crippen MR) is 94.1 cm³/mol. The molecule has 2 aromatic heterocycles. The van der Waals surface area contributed by atoms with Gasteiger partial charge < -0.3 is 19.9 Å². The quantitative estimate of drug-likeness (QED) is 0.628. The van der Waals surface area contributed by atoms with E-state index in [2.05, 4.69) is 20.3 Å². The molecule has 2 heterocycles. The molecule has 3 rings (SSSR count). The monoisotopic (exact) mass is 380 g/mol. The number of methoxy groups -OCH3 is 2. The van der Waals surface area contributed by atoms with Gasteiger partial charge in [0.05, 0.1) is 14.2 Å². The lowest BCUT2D eigenvalue weighted by Gasteiger charge is -2.09. The Morgan fingerprint density at radius 3 is 2.68 bits per heavy atom. The van der Waals surface area contributed by atoms with Gasteiger partial charge in [-0.15, -0.1) is 0 Å². The predicted octanol–water partition coefficient (Wildman–Crippen LogP) is 3.07. The van der Waals surface area contributed by atoms with Crippen LogP contribution in [0.25, 0.3) is 10.3 Å². The first-order valence-electron chi connectivity index (χ1n) is 7.04. The average Bonchev–Trinajstić information content (AvgIpc) is 3.01. The van der Waals surface area contributed by atoms with Crippen LogP contribution in [0, 0.1) is 0 Å². The van der Waals surface area contributed by atoms with Gasteiger partial charge in [-0.25, -0.2) is 9.78 Å². The fourth-order valence-electron chi connectivity index (χ4n) is 2.19. The number of halogens is 1. The second-order valence-electron chi connectivity index (χ2n) is 4.86. The standard InChI is InChI=1S/C15H13ClN4O4S/c1-23-8-4-3-7(5-9(8)24-2)6-17-15-20-12-11(25-15)10(13(21)22)18-14(16)19-12/h3-5H,6H2,1-2H3,(H,21,22)(H,17,18,19,20). The number of carbonyl (C=O) groups is 1. The van der Waals surface area contributed by atoms with E-state index < -0.39 is 5.97 Å². The molecular weight excluding hydrogens is 368 g/mol. The Morgan fingerprint density at radius 2 is 2.00 bits per heavy atom. The fourth-order valence-corrected chi connectivity index (χ4v) is 3.23. The van der Waals surface area contributed by atoms with E-state index in [0.717, 1.165) is 16.9 Å². The molecule has 0 unspecified atom stereocenters. The van der Waals surface area contributed by atoms with E-state index in [1.165, 1.54) is 0 Å². The summed E-state index contributed by atoms with van der Waals surface area (Å²) in [6.45, 7) is 0.462. The van der Waals surface area contributed by atoms with Crippen molar-refractivity contribution in [2.45, 2.75) is 6.54 Å². The second-order valence-corrected chi connectivity index (χ2v) is 6.20. The summed E-state index contributed by atoms with van der Waals surface area (Å²) >= 11 is 6.90. The average molecular weight is 381 g/mol. The van der Waals surface area contributed by atoms with Gasteiger partial charge in [0.25, 0.3) is 0 Å². The molecular formula is C15H13ClN4O4S. The number of fused-ring (bicyclic) bond motifs is 1. The zero-order valence-corrected chi connectivity index (χ0v) is 14.8. The molecule has 10 heteroatoms. The Balaban J connectivity index is 1.84. The van der Waals surface area contributed by atoms with Crippen LogP contribution >= 0.6 is 22.9 Å². The van der Waals surface area contributed by atoms with E-state index in [1.807, 2.05) is 18.2 Å². The van der Waals surface area contributed by atoms with Crippen molar-refractivity contribution in [2.24, 2.45) is 0 Å². The molecule has 0 amide bonds. The number of benzene rings is 1. The molecule has 3 aromatic rings. The van der Waals surface area contributed by atoms with E-state index in [0.29, 0.717) is 27.9 Å². The fraction of sp³-hybridized carbons (Fsp3) is 0.200. The van der Waals surface area contributed by atoms with E-state index in [4.69, 9.17) is 21.1 Å². The van der Waals surface area contributed by atoms with Gasteiger partial charge in [-0.2, -0.15) is 9.97 Å². The van der Waals surface area contributed by atoms with Gasteiger partial charge in [-0.05, 0) is 29.3 Å². The first-order chi connectivity index (χ1) is 12.0. The molecule has 0 atom stereocenters. The summed E-state index contributed by atoms with van der Waals surface area (Å²) in [5, 5.41) is 12.7. The van der Waals surface area contributed by atoms with Crippen LogP contribution in [0.2, 0.25) is 5.28 Å². The van der Waals surface area contributed by atoms with Gasteiger partial charge in [0.2, 0.25) is 5.28 Å². The molecule has 0 bridgehead atoms. The number of rotatable bonds is 6. The van der Waals surface area contributed by atoms with Crippen LogP contribution in [0.5, 0.6) is 11.5 Å². The van der Waals surface area contributed by atoms with Crippen LogP contribution in [-0.2, 0) is 6.54 Å². The maximum atomic E-state index is 11.3. The van der Waals surface area contributed by atoms with E-state index >= 15 is 0 Å². The number of anilines is 1. The molecule has 2 N–H and O–H groups in total. The third kappa shape index (κ3) is 3.57. The zero-order valence-electron chi connectivity index (χ0n) is 13.2. The highest BCUT2D eigenvalue weighted by Crippen LogP contribution is 2.30. The highest BCUT2D eigenvalue weighted by Gasteiger charge is 2.17. The van der Waals surface area contributed by atoms with Crippen molar-refractivity contribution < 1.29 is 19.4 Å². The molecule has 1 aromatic carbocycles. The van der Waals surface area contributed by atoms with Crippen LogP contribution in [0.4, 0.5) is 5.13 Å². The van der Waals surface area contributed by atoms with Crippen LogP contribution in [0.3, 0.4) is 0 Å². The Kier molecular flexibility index (Phi) is 4.86. The lowest BCUT2D eigenvalue weighted by Crippen LogP contribution is -2.01. The Hall–Kier alpha value is -2.65. The topological polar surface area (TPSA) is 106 Å². The van der Waals surface area contributed by atoms with Crippen molar-refractivity contribution in [1.29, 1.82) is 0 Å². The summed E-state index contributed by atoms with van der Waals surface area (Å²) in [5.74, 6) is 0.0866. The summed E-state index contributed by atoms with van der Waals surface area (Å²) < 4.78 is 10.8. The molecule has 0 spiro atoms. The van der Waals surface area contributed by atoms with Crippen LogP contribution in [-0.4, -0.2) is 40.2 Å². The third-order valence-electron chi connectivity index (χ3n) is 3.32. The normalized spacial score (nSPS) is 10.7. The first kappa shape index (κ1) is 17.2. The molecule has 25 heavy (non-hydrogen) atoms. The molecule has 0 radical (unpaired) electrons. The van der Waals surface area contributed by atoms with Crippen molar-refractivity contribution in [2.75, 3.05) is 19.5 Å². The minimum Gasteiger partial charge on any atom is -0.493 e. The Morgan fingerprint density at radius 1 is 1.24 bits per heavy atom. The molecule has 0 aliphatic rings. The number of nitrogens with one attached hydrogen (secondary N) is 1. The van der Waals surface area contributed by atoms with Crippen molar-refractivity contribution in [3.05, 3.63) is 34.7 Å². The number of hydrogen-bond donors (Lipinski definition) is 2. The first-order valence-corrected chi connectivity index (χ1v) is 8.23. The van der Waals surface area contributed by atoms with Gasteiger partial charge in [0.1, 0.15) is 4.70 Å². The maximum Gasteiger partial charge on any atom is 0.356 e. The number of carboxylic acid groups (broad SMARTS) is 1. The summed E-state index contributed by atoms with van der Waals surface area (Å²) in [6, 6.07) is 5.54. The highest BCUT2D eigenvalue weighted by molar-refractivity contribution is 7.22. The van der Waals surface area contributed by atoms with Crippen molar-refractivity contribution in [1.82, 2.24) is 15.0 Å². The van der Waals surface area contributed by atoms with Gasteiger partial charge in [-0.1, -0.05) is 17.4 Å². The van der Waals surface area contributed by atoms with E-state index in [-0.39, 0.29) is 16.6 Å². The minimum absolute atomic E-state index is 0.151. The number of thiazole rings is 1. The van der Waals surface area contributed by atoms with Gasteiger partial charge in [0.15, 0.2) is 28.0 Å². The number of aromatic carboxylic acids is 1. The van der Waals surface area contributed by atoms with Crippen molar-refractivity contribution in [3.63, 3.8) is 0 Å². The second kappa shape index (κ2) is 7.08. The van der Waals surface area contributed by atoms with Gasteiger partial charge >= 0.3 is 5.97 Å². The van der Waals surface area contributed by atoms with E-state index in [9.17, 15) is 9.90 Å². The molecule has 0 saturated carbocycles. The van der Waals surface area contributed by atoms with Gasteiger partial charge in [0, 0.05) is 6.54 Å². The van der Waals surface area contributed by atoms with Crippen LogP contribution in [0.15, 0.2) is 18.2 Å². The Labute approximate surface area is 151 Å². The Bertz CT molecular complexity index is 947. The molecule has 0 aliphatic heterocycles. The smallest absolute Gasteiger partial charge is 0.356 e.